The number of nitrogens with one attached hydrogen (secondary N) is 1. The molecule has 2 amide bonds. The van der Waals surface area contributed by atoms with Crippen molar-refractivity contribution < 1.29 is 4.79 Å². The monoisotopic (exact) mass is 221 g/mol. The van der Waals surface area contributed by atoms with Gasteiger partial charge in [-0.05, 0) is 50.0 Å². The lowest BCUT2D eigenvalue weighted by Crippen LogP contribution is -2.28. The highest BCUT2D eigenvalue weighted by molar-refractivity contribution is 6.02. The van der Waals surface area contributed by atoms with Gasteiger partial charge < -0.3 is 5.73 Å². The van der Waals surface area contributed by atoms with Gasteiger partial charge in [-0.15, -0.1) is 0 Å². The molecule has 16 heavy (non-hydrogen) atoms. The molecule has 0 radical (unpaired) electrons. The van der Waals surface area contributed by atoms with Gasteiger partial charge in [0.25, 0.3) is 0 Å². The molecule has 4 heteroatoms. The van der Waals surface area contributed by atoms with Crippen LogP contribution in [0, 0.1) is 5.92 Å². The summed E-state index contributed by atoms with van der Waals surface area (Å²) in [5.41, 5.74) is 11.4. The molecule has 4 nitrogen and oxygen atoms in total. The summed E-state index contributed by atoms with van der Waals surface area (Å²) in [4.78, 5) is 10.7. The highest BCUT2D eigenvalue weighted by Crippen LogP contribution is 2.36. The Morgan fingerprint density at radius 1 is 1.38 bits per heavy atom. The minimum atomic E-state index is -0.580. The van der Waals surface area contributed by atoms with E-state index in [9.17, 15) is 4.79 Å². The number of nitrogens with zero attached hydrogens (tertiary/aromatic N) is 1. The van der Waals surface area contributed by atoms with E-state index in [-0.39, 0.29) is 0 Å². The van der Waals surface area contributed by atoms with Crippen molar-refractivity contribution in [3.05, 3.63) is 11.1 Å². The Labute approximate surface area is 96.0 Å². The van der Waals surface area contributed by atoms with Gasteiger partial charge in [0.1, 0.15) is 0 Å². The second-order valence-corrected chi connectivity index (χ2v) is 4.84. The Bertz CT molecular complexity index is 357. The maximum absolute atomic E-state index is 10.7. The lowest BCUT2D eigenvalue weighted by atomic mass is 9.77. The Morgan fingerprint density at radius 3 is 2.88 bits per heavy atom. The summed E-state index contributed by atoms with van der Waals surface area (Å²) in [6.45, 7) is 2.23. The number of hydrazone groups is 1. The van der Waals surface area contributed by atoms with E-state index in [2.05, 4.69) is 17.5 Å². The molecule has 3 N–H and O–H groups in total. The lowest BCUT2D eigenvalue weighted by Gasteiger charge is -2.29. The van der Waals surface area contributed by atoms with Crippen LogP contribution in [0.4, 0.5) is 4.79 Å². The molecule has 0 bridgehead atoms. The van der Waals surface area contributed by atoms with Crippen molar-refractivity contribution in [3.63, 3.8) is 0 Å². The Kier molecular flexibility index (Phi) is 3.27. The fourth-order valence-corrected chi connectivity index (χ4v) is 2.72. The highest BCUT2D eigenvalue weighted by Gasteiger charge is 2.25. The molecule has 0 aromatic heterocycles. The van der Waals surface area contributed by atoms with Crippen LogP contribution in [0.25, 0.3) is 0 Å². The molecule has 0 saturated carbocycles. The first-order chi connectivity index (χ1) is 7.66. The molecule has 0 fully saturated rings. The number of carbonyl (C=O) groups is 1. The molecule has 1 unspecified atom stereocenters. The van der Waals surface area contributed by atoms with E-state index < -0.39 is 6.03 Å². The molecule has 0 spiro atoms. The average molecular weight is 221 g/mol. The maximum Gasteiger partial charge on any atom is 0.332 e. The summed E-state index contributed by atoms with van der Waals surface area (Å²) in [7, 11) is 0. The van der Waals surface area contributed by atoms with Crippen molar-refractivity contribution in [2.45, 2.75) is 45.4 Å². The van der Waals surface area contributed by atoms with Crippen LogP contribution < -0.4 is 11.2 Å². The molecule has 0 aromatic carbocycles. The Balaban J connectivity index is 2.22. The summed E-state index contributed by atoms with van der Waals surface area (Å²) in [5.74, 6) is 0.630. The SMILES string of the molecule is CC1CC2=C(CCCC2)/C(=N/NC(N)=O)C1. The zero-order valence-electron chi connectivity index (χ0n) is 9.75. The second-order valence-electron chi connectivity index (χ2n) is 4.84. The number of nitrogens with two attached hydrogens (primary N) is 1. The predicted octanol–water partition coefficient (Wildman–Crippen LogP) is 2.31. The lowest BCUT2D eigenvalue weighted by molar-refractivity contribution is 0.249. The van der Waals surface area contributed by atoms with E-state index in [1.165, 1.54) is 31.3 Å². The van der Waals surface area contributed by atoms with Gasteiger partial charge in [-0.3, -0.25) is 0 Å². The smallest absolute Gasteiger partial charge is 0.332 e. The molecule has 0 aliphatic heterocycles. The summed E-state index contributed by atoms with van der Waals surface area (Å²) in [6.07, 6.45) is 7.01. The third-order valence-corrected chi connectivity index (χ3v) is 3.37. The molecule has 88 valence electrons. The van der Waals surface area contributed by atoms with E-state index in [1.807, 2.05) is 0 Å². The van der Waals surface area contributed by atoms with E-state index in [0.717, 1.165) is 18.6 Å². The van der Waals surface area contributed by atoms with E-state index >= 15 is 0 Å². The van der Waals surface area contributed by atoms with Crippen LogP contribution in [0.15, 0.2) is 16.2 Å². The molecular formula is C12H19N3O. The van der Waals surface area contributed by atoms with Crippen LogP contribution in [0.3, 0.4) is 0 Å². The van der Waals surface area contributed by atoms with Crippen molar-refractivity contribution in [3.8, 4) is 0 Å². The van der Waals surface area contributed by atoms with Crippen molar-refractivity contribution in [2.24, 2.45) is 16.8 Å². The maximum atomic E-state index is 10.7. The number of allylic oxidation sites excluding steroid dienone is 2. The van der Waals surface area contributed by atoms with Crippen molar-refractivity contribution in [1.29, 1.82) is 0 Å². The first kappa shape index (κ1) is 11.2. The number of primary amides is 1. The number of amides is 2. The van der Waals surface area contributed by atoms with E-state index in [4.69, 9.17) is 5.73 Å². The van der Waals surface area contributed by atoms with Gasteiger partial charge in [-0.25, -0.2) is 10.2 Å². The number of hydrogen-bond donors (Lipinski definition) is 2. The van der Waals surface area contributed by atoms with Gasteiger partial charge in [0.05, 0.1) is 5.71 Å². The quantitative estimate of drug-likeness (QED) is 0.655. The third-order valence-electron chi connectivity index (χ3n) is 3.37. The standard InChI is InChI=1S/C12H19N3O/c1-8-6-9-4-2-3-5-10(9)11(7-8)14-15-12(13)16/h8H,2-7H2,1H3,(H3,13,15,16)/b14-11+. The molecule has 0 aromatic rings. The fourth-order valence-electron chi connectivity index (χ4n) is 2.72. The molecule has 1 atom stereocenters. The average Bonchev–Trinajstić information content (AvgIpc) is 2.25. The van der Waals surface area contributed by atoms with Crippen LogP contribution in [0.5, 0.6) is 0 Å². The molecular weight excluding hydrogens is 202 g/mol. The topological polar surface area (TPSA) is 67.5 Å². The first-order valence-corrected chi connectivity index (χ1v) is 6.00. The van der Waals surface area contributed by atoms with Crippen LogP contribution >= 0.6 is 0 Å². The molecule has 2 aliphatic rings. The summed E-state index contributed by atoms with van der Waals surface area (Å²) >= 11 is 0. The van der Waals surface area contributed by atoms with Gasteiger partial charge in [0, 0.05) is 0 Å². The molecule has 2 rings (SSSR count). The normalized spacial score (nSPS) is 27.8. The van der Waals surface area contributed by atoms with Gasteiger partial charge in [-0.1, -0.05) is 12.5 Å². The summed E-state index contributed by atoms with van der Waals surface area (Å²) in [6, 6.07) is -0.580. The number of hydrogen-bond acceptors (Lipinski definition) is 2. The second kappa shape index (κ2) is 4.68. The zero-order chi connectivity index (χ0) is 11.5. The fraction of sp³-hybridized carbons (Fsp3) is 0.667. The van der Waals surface area contributed by atoms with Gasteiger partial charge >= 0.3 is 6.03 Å². The van der Waals surface area contributed by atoms with Gasteiger partial charge in [-0.2, -0.15) is 5.10 Å². The van der Waals surface area contributed by atoms with E-state index in [0.29, 0.717) is 5.92 Å². The van der Waals surface area contributed by atoms with Crippen molar-refractivity contribution >= 4 is 11.7 Å². The van der Waals surface area contributed by atoms with Gasteiger partial charge in [0.15, 0.2) is 0 Å². The number of urea groups is 1. The minimum absolute atomic E-state index is 0.580. The first-order valence-electron chi connectivity index (χ1n) is 6.00. The molecule has 0 heterocycles. The van der Waals surface area contributed by atoms with Crippen molar-refractivity contribution in [2.75, 3.05) is 0 Å². The van der Waals surface area contributed by atoms with Crippen LogP contribution in [0.1, 0.15) is 45.4 Å². The highest BCUT2D eigenvalue weighted by atomic mass is 16.2. The number of rotatable bonds is 1. The number of carbonyl (C=O) groups excluding carboxylic acids is 1. The Morgan fingerprint density at radius 2 is 2.12 bits per heavy atom. The van der Waals surface area contributed by atoms with Crippen LogP contribution in [0.2, 0.25) is 0 Å². The Hall–Kier alpha value is -1.32. The molecule has 2 aliphatic carbocycles. The van der Waals surface area contributed by atoms with Gasteiger partial charge in [0.2, 0.25) is 0 Å². The minimum Gasteiger partial charge on any atom is -0.350 e. The third kappa shape index (κ3) is 2.43. The largest absolute Gasteiger partial charge is 0.350 e. The van der Waals surface area contributed by atoms with Crippen LogP contribution in [-0.2, 0) is 0 Å². The van der Waals surface area contributed by atoms with E-state index in [1.54, 1.807) is 5.57 Å². The molecule has 0 saturated heterocycles. The van der Waals surface area contributed by atoms with Crippen molar-refractivity contribution in [1.82, 2.24) is 5.43 Å². The summed E-state index contributed by atoms with van der Waals surface area (Å²) in [5, 5.41) is 4.15. The zero-order valence-corrected chi connectivity index (χ0v) is 9.75. The predicted molar refractivity (Wildman–Crippen MR) is 64.0 cm³/mol. The van der Waals surface area contributed by atoms with Crippen LogP contribution in [-0.4, -0.2) is 11.7 Å². The summed E-state index contributed by atoms with van der Waals surface area (Å²) < 4.78 is 0.